The highest BCUT2D eigenvalue weighted by Gasteiger charge is 2.17. The summed E-state index contributed by atoms with van der Waals surface area (Å²) in [5.41, 5.74) is 5.35. The number of ether oxygens (including phenoxy) is 1. The third-order valence-electron chi connectivity index (χ3n) is 8.26. The molecule has 0 unspecified atom stereocenters. The lowest BCUT2D eigenvalue weighted by molar-refractivity contribution is 0.379. The van der Waals surface area contributed by atoms with Crippen LogP contribution >= 0.6 is 45.3 Å². The standard InChI is InChI=1S/C40H37N3OS4/c1-4-6-8-26-10-14-28(15-11-26)30-18-20-32(45-30)34-22-24-36(47-34)38-41-39(43-40(42-38)44-3)37-25-23-35(48-37)33-21-19-31(46-33)29-16-12-27(13-17-29)9-7-5-2/h10-25H,4-9H2,1-3H3. The van der Waals surface area contributed by atoms with Crippen molar-refractivity contribution in [2.75, 3.05) is 7.11 Å². The molecule has 0 saturated carbocycles. The Morgan fingerprint density at radius 1 is 0.438 bits per heavy atom. The summed E-state index contributed by atoms with van der Waals surface area (Å²) in [5.74, 6) is 1.26. The summed E-state index contributed by atoms with van der Waals surface area (Å²) in [6.07, 6.45) is 7.20. The highest BCUT2D eigenvalue weighted by Crippen LogP contribution is 2.42. The van der Waals surface area contributed by atoms with E-state index in [1.54, 1.807) is 29.8 Å². The van der Waals surface area contributed by atoms with Crippen LogP contribution in [0.15, 0.2) is 97.1 Å². The van der Waals surface area contributed by atoms with Crippen LogP contribution in [0.3, 0.4) is 0 Å². The molecule has 0 bridgehead atoms. The summed E-state index contributed by atoms with van der Waals surface area (Å²) in [7, 11) is 1.61. The van der Waals surface area contributed by atoms with Crippen LogP contribution in [0.4, 0.5) is 0 Å². The molecule has 0 saturated heterocycles. The predicted molar refractivity (Wildman–Crippen MR) is 208 cm³/mol. The number of aryl methyl sites for hydroxylation is 2. The first kappa shape index (κ1) is 32.6. The van der Waals surface area contributed by atoms with E-state index < -0.39 is 0 Å². The van der Waals surface area contributed by atoms with Gasteiger partial charge >= 0.3 is 6.01 Å². The maximum absolute atomic E-state index is 5.54. The van der Waals surface area contributed by atoms with Gasteiger partial charge in [-0.15, -0.1) is 45.3 Å². The molecule has 8 heteroatoms. The van der Waals surface area contributed by atoms with Gasteiger partial charge in [0, 0.05) is 29.3 Å². The number of methoxy groups -OCH3 is 1. The Kier molecular flexibility index (Phi) is 10.2. The first-order valence-corrected chi connectivity index (χ1v) is 19.8. The Morgan fingerprint density at radius 2 is 0.792 bits per heavy atom. The second-order valence-electron chi connectivity index (χ2n) is 11.7. The van der Waals surface area contributed by atoms with Gasteiger partial charge in [-0.2, -0.15) is 9.97 Å². The van der Waals surface area contributed by atoms with E-state index in [-0.39, 0.29) is 0 Å². The normalized spacial score (nSPS) is 11.3. The van der Waals surface area contributed by atoms with Gasteiger partial charge in [0.05, 0.1) is 16.9 Å². The van der Waals surface area contributed by atoms with E-state index >= 15 is 0 Å². The Labute approximate surface area is 298 Å². The van der Waals surface area contributed by atoms with Crippen molar-refractivity contribution in [1.82, 2.24) is 15.0 Å². The van der Waals surface area contributed by atoms with Crippen LogP contribution in [0.25, 0.3) is 61.8 Å². The third-order valence-corrected chi connectivity index (χ3v) is 13.1. The Hall–Kier alpha value is -3.95. The fraction of sp³-hybridized carbons (Fsp3) is 0.225. The molecule has 242 valence electrons. The average Bonchev–Trinajstić information content (AvgIpc) is 3.96. The van der Waals surface area contributed by atoms with Crippen LogP contribution in [0.2, 0.25) is 0 Å². The Morgan fingerprint density at radius 3 is 1.17 bits per heavy atom. The molecular formula is C40H37N3OS4. The van der Waals surface area contributed by atoms with Gasteiger partial charge in [-0.05, 0) is 96.5 Å². The van der Waals surface area contributed by atoms with Crippen LogP contribution in [0.5, 0.6) is 6.01 Å². The molecule has 0 fully saturated rings. The molecule has 0 atom stereocenters. The summed E-state index contributed by atoms with van der Waals surface area (Å²) < 4.78 is 5.54. The van der Waals surface area contributed by atoms with Gasteiger partial charge in [0.2, 0.25) is 0 Å². The van der Waals surface area contributed by atoms with Crippen LogP contribution in [0.1, 0.15) is 50.7 Å². The number of thiophene rings is 4. The van der Waals surface area contributed by atoms with E-state index in [4.69, 9.17) is 9.72 Å². The minimum Gasteiger partial charge on any atom is -0.467 e. The number of hydrogen-bond donors (Lipinski definition) is 0. The zero-order chi connectivity index (χ0) is 32.9. The average molecular weight is 704 g/mol. The van der Waals surface area contributed by atoms with Gasteiger partial charge in [-0.25, -0.2) is 4.98 Å². The molecule has 5 heterocycles. The third kappa shape index (κ3) is 7.37. The van der Waals surface area contributed by atoms with Crippen molar-refractivity contribution < 1.29 is 4.74 Å². The minimum atomic E-state index is 0.321. The quantitative estimate of drug-likeness (QED) is 0.120. The molecule has 7 aromatic rings. The molecule has 7 rings (SSSR count). The highest BCUT2D eigenvalue weighted by atomic mass is 32.1. The molecule has 2 aromatic carbocycles. The molecule has 4 nitrogen and oxygen atoms in total. The molecule has 0 spiro atoms. The van der Waals surface area contributed by atoms with Gasteiger partial charge in [0.15, 0.2) is 11.6 Å². The SMILES string of the molecule is CCCCc1ccc(-c2ccc(-c3ccc(-c4nc(OC)nc(-c5ccc(-c6ccc(-c7ccc(CCCC)cc7)s6)s5)n4)s3)s2)cc1. The second-order valence-corrected chi connectivity index (χ2v) is 16.1. The fourth-order valence-electron chi connectivity index (χ4n) is 5.53. The topological polar surface area (TPSA) is 47.9 Å². The van der Waals surface area contributed by atoms with Gasteiger partial charge in [0.1, 0.15) is 0 Å². The summed E-state index contributed by atoms with van der Waals surface area (Å²) in [5, 5.41) is 0. The second kappa shape index (κ2) is 15.1. The van der Waals surface area contributed by atoms with E-state index in [1.165, 1.54) is 77.2 Å². The number of rotatable bonds is 13. The van der Waals surface area contributed by atoms with E-state index in [1.807, 2.05) is 22.7 Å². The van der Waals surface area contributed by atoms with Crippen molar-refractivity contribution in [1.29, 1.82) is 0 Å². The van der Waals surface area contributed by atoms with Crippen LogP contribution in [-0.2, 0) is 12.8 Å². The number of nitrogens with zero attached hydrogens (tertiary/aromatic N) is 3. The molecule has 0 radical (unpaired) electrons. The minimum absolute atomic E-state index is 0.321. The molecular weight excluding hydrogens is 667 g/mol. The van der Waals surface area contributed by atoms with Crippen molar-refractivity contribution in [3.05, 3.63) is 108 Å². The first-order chi connectivity index (χ1) is 23.6. The maximum Gasteiger partial charge on any atom is 0.320 e. The summed E-state index contributed by atoms with van der Waals surface area (Å²) >= 11 is 7.03. The van der Waals surface area contributed by atoms with Crippen molar-refractivity contribution >= 4 is 45.3 Å². The van der Waals surface area contributed by atoms with Crippen molar-refractivity contribution in [3.63, 3.8) is 0 Å². The molecule has 5 aromatic heterocycles. The zero-order valence-corrected chi connectivity index (χ0v) is 30.6. The van der Waals surface area contributed by atoms with Crippen molar-refractivity contribution in [3.8, 4) is 67.8 Å². The number of hydrogen-bond acceptors (Lipinski definition) is 8. The Bertz CT molecular complexity index is 1950. The van der Waals surface area contributed by atoms with Gasteiger partial charge in [0.25, 0.3) is 0 Å². The zero-order valence-electron chi connectivity index (χ0n) is 27.4. The predicted octanol–water partition coefficient (Wildman–Crippen LogP) is 12.8. The molecule has 0 aliphatic heterocycles. The first-order valence-electron chi connectivity index (χ1n) is 16.5. The molecule has 0 aliphatic rings. The summed E-state index contributed by atoms with van der Waals surface area (Å²) in [6, 6.07) is 35.8. The molecule has 48 heavy (non-hydrogen) atoms. The Balaban J connectivity index is 1.09. The van der Waals surface area contributed by atoms with Crippen LogP contribution in [-0.4, -0.2) is 22.1 Å². The lowest BCUT2D eigenvalue weighted by Gasteiger charge is -2.04. The van der Waals surface area contributed by atoms with Crippen molar-refractivity contribution in [2.45, 2.75) is 52.4 Å². The number of unbranched alkanes of at least 4 members (excludes halogenated alkanes) is 2. The lowest BCUT2D eigenvalue weighted by atomic mass is 10.1. The number of benzene rings is 2. The smallest absolute Gasteiger partial charge is 0.320 e. The van der Waals surface area contributed by atoms with Crippen LogP contribution < -0.4 is 4.74 Å². The van der Waals surface area contributed by atoms with Gasteiger partial charge in [-0.3, -0.25) is 0 Å². The van der Waals surface area contributed by atoms with Crippen molar-refractivity contribution in [2.24, 2.45) is 0 Å². The molecule has 0 aliphatic carbocycles. The lowest BCUT2D eigenvalue weighted by Crippen LogP contribution is -1.98. The van der Waals surface area contributed by atoms with E-state index in [0.717, 1.165) is 22.6 Å². The summed E-state index contributed by atoms with van der Waals surface area (Å²) in [4.78, 5) is 23.6. The highest BCUT2D eigenvalue weighted by molar-refractivity contribution is 7.25. The molecule has 0 amide bonds. The van der Waals surface area contributed by atoms with E-state index in [0.29, 0.717) is 17.7 Å². The maximum atomic E-state index is 5.54. The van der Waals surface area contributed by atoms with Gasteiger partial charge < -0.3 is 4.74 Å². The fourth-order valence-corrected chi connectivity index (χ4v) is 9.62. The summed E-state index contributed by atoms with van der Waals surface area (Å²) in [6.45, 7) is 4.48. The van der Waals surface area contributed by atoms with Crippen LogP contribution in [0, 0.1) is 0 Å². The van der Waals surface area contributed by atoms with E-state index in [9.17, 15) is 0 Å². The van der Waals surface area contributed by atoms with E-state index in [2.05, 4.69) is 121 Å². The number of aromatic nitrogens is 3. The monoisotopic (exact) mass is 703 g/mol. The van der Waals surface area contributed by atoms with Gasteiger partial charge in [-0.1, -0.05) is 75.2 Å². The largest absolute Gasteiger partial charge is 0.467 e. The molecule has 0 N–H and O–H groups in total.